The van der Waals surface area contributed by atoms with Crippen LogP contribution in [0.4, 0.5) is 0 Å². The second kappa shape index (κ2) is 6.74. The molecule has 2 aromatic rings. The van der Waals surface area contributed by atoms with Crippen LogP contribution in [0.3, 0.4) is 0 Å². The molecule has 0 amide bonds. The molecule has 0 radical (unpaired) electrons. The number of aromatic nitrogens is 2. The van der Waals surface area contributed by atoms with Gasteiger partial charge in [-0.25, -0.2) is 18.6 Å². The van der Waals surface area contributed by atoms with Crippen molar-refractivity contribution in [1.29, 1.82) is 0 Å². The van der Waals surface area contributed by atoms with Gasteiger partial charge >= 0.3 is 5.82 Å². The van der Waals surface area contributed by atoms with E-state index in [4.69, 9.17) is 18.6 Å². The second-order valence-electron chi connectivity index (χ2n) is 4.22. The van der Waals surface area contributed by atoms with E-state index in [1.165, 1.54) is 17.0 Å². The Morgan fingerprint density at radius 3 is 1.85 bits per heavy atom. The molecule has 0 N–H and O–H groups in total. The van der Waals surface area contributed by atoms with Crippen molar-refractivity contribution in [3.63, 3.8) is 0 Å². The zero-order valence-corrected chi connectivity index (χ0v) is 12.1. The van der Waals surface area contributed by atoms with Gasteiger partial charge in [-0.1, -0.05) is 6.07 Å². The zero-order chi connectivity index (χ0) is 15.3. The molecular weight excluding hydrogens is 284 g/mol. The normalized spacial score (nSPS) is 10.8. The van der Waals surface area contributed by atoms with Crippen molar-refractivity contribution < 1.29 is 33.4 Å². The van der Waals surface area contributed by atoms with Gasteiger partial charge in [0.1, 0.15) is 17.6 Å². The summed E-state index contributed by atoms with van der Waals surface area (Å²) in [5.74, 6) is 0.979. The molecule has 2 aromatic heterocycles. The third-order valence-electron chi connectivity index (χ3n) is 2.46. The van der Waals surface area contributed by atoms with Crippen LogP contribution < -0.4 is 23.2 Å². The summed E-state index contributed by atoms with van der Waals surface area (Å²) in [5, 5.41) is 0. The summed E-state index contributed by atoms with van der Waals surface area (Å²) in [6, 6.07) is 10.3. The molecule has 0 aromatic carbocycles. The molecule has 0 aliphatic rings. The minimum absolute atomic E-state index is 0.979. The fraction of sp³-hybridized carbons (Fsp3) is 0.231. The average molecular weight is 299 g/mol. The lowest BCUT2D eigenvalue weighted by Crippen LogP contribution is -2.68. The SMILES string of the molecule is Cc1cc(C)[n+](-c2ccccn2)c(C)c1.[O-][Cl+3]([O-])([O-])[O-]. The summed E-state index contributed by atoms with van der Waals surface area (Å²) < 4.78 is 36.1. The Morgan fingerprint density at radius 2 is 1.45 bits per heavy atom. The highest BCUT2D eigenvalue weighted by Gasteiger charge is 2.12. The van der Waals surface area contributed by atoms with Crippen LogP contribution in [0.5, 0.6) is 0 Å². The minimum atomic E-state index is -4.94. The highest BCUT2D eigenvalue weighted by Crippen LogP contribution is 2.05. The van der Waals surface area contributed by atoms with Gasteiger partial charge in [0, 0.05) is 6.07 Å². The molecule has 0 unspecified atom stereocenters. The van der Waals surface area contributed by atoms with Crippen molar-refractivity contribution in [2.24, 2.45) is 0 Å². The quantitative estimate of drug-likeness (QED) is 0.542. The van der Waals surface area contributed by atoms with E-state index in [-0.39, 0.29) is 0 Å². The molecule has 7 heteroatoms. The Bertz CT molecular complexity index is 541. The third-order valence-corrected chi connectivity index (χ3v) is 2.46. The molecular formula is C13H15ClN2O4. The molecule has 2 heterocycles. The molecule has 0 aliphatic heterocycles. The Morgan fingerprint density at radius 1 is 0.950 bits per heavy atom. The Hall–Kier alpha value is -1.57. The molecule has 108 valence electrons. The summed E-state index contributed by atoms with van der Waals surface area (Å²) in [4.78, 5) is 4.36. The van der Waals surface area contributed by atoms with Gasteiger partial charge < -0.3 is 0 Å². The van der Waals surface area contributed by atoms with Crippen molar-refractivity contribution in [3.05, 3.63) is 53.5 Å². The van der Waals surface area contributed by atoms with E-state index in [2.05, 4.69) is 42.5 Å². The Kier molecular flexibility index (Phi) is 5.55. The summed E-state index contributed by atoms with van der Waals surface area (Å²) in [7, 11) is -4.94. The highest BCUT2D eigenvalue weighted by molar-refractivity contribution is 5.18. The van der Waals surface area contributed by atoms with E-state index < -0.39 is 10.2 Å². The Labute approximate surface area is 119 Å². The van der Waals surface area contributed by atoms with Crippen LogP contribution in [0, 0.1) is 31.0 Å². The first kappa shape index (κ1) is 16.5. The van der Waals surface area contributed by atoms with Crippen LogP contribution in [0.1, 0.15) is 17.0 Å². The summed E-state index contributed by atoms with van der Waals surface area (Å²) >= 11 is 0. The van der Waals surface area contributed by atoms with Gasteiger partial charge in [-0.3, -0.25) is 0 Å². The largest absolute Gasteiger partial charge is 0.327 e. The van der Waals surface area contributed by atoms with Gasteiger partial charge in [-0.05, 0) is 49.5 Å². The van der Waals surface area contributed by atoms with Crippen molar-refractivity contribution >= 4 is 0 Å². The van der Waals surface area contributed by atoms with Crippen molar-refractivity contribution in [2.75, 3.05) is 0 Å². The zero-order valence-electron chi connectivity index (χ0n) is 11.4. The van der Waals surface area contributed by atoms with Gasteiger partial charge in [-0.15, -0.1) is 10.2 Å². The van der Waals surface area contributed by atoms with E-state index >= 15 is 0 Å². The highest BCUT2D eigenvalue weighted by atomic mass is 35.7. The molecule has 0 bridgehead atoms. The number of halogens is 1. The lowest BCUT2D eigenvalue weighted by molar-refractivity contribution is -2.00. The fourth-order valence-corrected chi connectivity index (χ4v) is 1.96. The third kappa shape index (κ3) is 5.60. The van der Waals surface area contributed by atoms with Crippen LogP contribution in [0.2, 0.25) is 0 Å². The van der Waals surface area contributed by atoms with E-state index in [9.17, 15) is 0 Å². The first-order valence-electron chi connectivity index (χ1n) is 5.71. The van der Waals surface area contributed by atoms with E-state index in [0.717, 1.165) is 5.82 Å². The monoisotopic (exact) mass is 298 g/mol. The topological polar surface area (TPSA) is 109 Å². The smallest absolute Gasteiger partial charge is 0.222 e. The molecule has 0 aliphatic carbocycles. The number of hydrogen-bond donors (Lipinski definition) is 0. The number of rotatable bonds is 1. The van der Waals surface area contributed by atoms with Crippen molar-refractivity contribution in [3.8, 4) is 5.82 Å². The number of pyridine rings is 2. The van der Waals surface area contributed by atoms with Crippen LogP contribution in [0.25, 0.3) is 5.82 Å². The first-order chi connectivity index (χ1) is 9.18. The summed E-state index contributed by atoms with van der Waals surface area (Å²) in [5.41, 5.74) is 3.72. The molecule has 0 atom stereocenters. The van der Waals surface area contributed by atoms with Gasteiger partial charge in [0.05, 0.1) is 0 Å². The molecule has 2 rings (SSSR count). The lowest BCUT2D eigenvalue weighted by Gasteiger charge is -2.17. The number of nitrogens with zero attached hydrogens (tertiary/aromatic N) is 2. The van der Waals surface area contributed by atoms with E-state index in [1.54, 1.807) is 0 Å². The van der Waals surface area contributed by atoms with Crippen LogP contribution in [-0.2, 0) is 0 Å². The summed E-state index contributed by atoms with van der Waals surface area (Å²) in [6.07, 6.45) is 1.82. The number of hydrogen-bond acceptors (Lipinski definition) is 5. The van der Waals surface area contributed by atoms with Gasteiger partial charge in [-0.2, -0.15) is 4.57 Å². The van der Waals surface area contributed by atoms with Gasteiger partial charge in [0.25, 0.3) is 0 Å². The first-order valence-corrected chi connectivity index (χ1v) is 6.95. The van der Waals surface area contributed by atoms with Crippen LogP contribution in [-0.4, -0.2) is 4.98 Å². The van der Waals surface area contributed by atoms with Gasteiger partial charge in [0.2, 0.25) is 0 Å². The maximum absolute atomic E-state index is 8.49. The molecule has 0 spiro atoms. The van der Waals surface area contributed by atoms with Crippen LogP contribution >= 0.6 is 0 Å². The maximum Gasteiger partial charge on any atom is 0.327 e. The van der Waals surface area contributed by atoms with Crippen LogP contribution in [0.15, 0.2) is 36.5 Å². The molecule has 6 nitrogen and oxygen atoms in total. The molecule has 0 saturated carbocycles. The number of aryl methyl sites for hydroxylation is 3. The average Bonchev–Trinajstić information content (AvgIpc) is 2.26. The fourth-order valence-electron chi connectivity index (χ4n) is 1.96. The van der Waals surface area contributed by atoms with E-state index in [0.29, 0.717) is 0 Å². The summed E-state index contributed by atoms with van der Waals surface area (Å²) in [6.45, 7) is 6.33. The Balaban J connectivity index is 0.000000347. The second-order valence-corrected chi connectivity index (χ2v) is 4.97. The molecule has 0 fully saturated rings. The van der Waals surface area contributed by atoms with Gasteiger partial charge in [0.15, 0.2) is 0 Å². The maximum atomic E-state index is 8.49. The van der Waals surface area contributed by atoms with E-state index in [1.807, 2.05) is 24.4 Å². The predicted octanol–water partition coefficient (Wildman–Crippen LogP) is -2.47. The molecule has 0 saturated heterocycles. The van der Waals surface area contributed by atoms with Crippen molar-refractivity contribution in [1.82, 2.24) is 4.98 Å². The lowest BCUT2D eigenvalue weighted by atomic mass is 10.2. The standard InChI is InChI=1S/C13H15N2.ClHO4/c1-10-8-11(2)15(12(3)9-10)13-6-4-5-7-14-13;2-1(3,4)5/h4-9H,1-3H3;(H,2,3,4,5)/q+1;/p-1. The minimum Gasteiger partial charge on any atom is -0.222 e. The predicted molar refractivity (Wildman–Crippen MR) is 60.0 cm³/mol. The molecule has 20 heavy (non-hydrogen) atoms. The van der Waals surface area contributed by atoms with Crippen molar-refractivity contribution in [2.45, 2.75) is 20.8 Å².